The highest BCUT2D eigenvalue weighted by molar-refractivity contribution is 6.76. The lowest BCUT2D eigenvalue weighted by molar-refractivity contribution is -0.141. The molecule has 0 N–H and O–H groups in total. The van der Waals surface area contributed by atoms with Crippen LogP contribution in [0.15, 0.2) is 30.3 Å². The fourth-order valence-electron chi connectivity index (χ4n) is 1.39. The first-order valence-electron chi connectivity index (χ1n) is 5.37. The van der Waals surface area contributed by atoms with E-state index >= 15 is 0 Å². The Labute approximate surface area is 126 Å². The maximum Gasteiger partial charge on any atom is 0.281 e. The van der Waals surface area contributed by atoms with Gasteiger partial charge in [-0.2, -0.15) is 0 Å². The van der Waals surface area contributed by atoms with Crippen molar-refractivity contribution in [3.63, 3.8) is 0 Å². The highest BCUT2D eigenvalue weighted by Crippen LogP contribution is 2.28. The summed E-state index contributed by atoms with van der Waals surface area (Å²) in [6.07, 6.45) is 0. The molecule has 0 unspecified atom stereocenters. The van der Waals surface area contributed by atoms with E-state index in [4.69, 9.17) is 34.8 Å². The zero-order chi connectivity index (χ0) is 14.6. The van der Waals surface area contributed by atoms with Gasteiger partial charge in [0.25, 0.3) is 9.70 Å². The molecule has 19 heavy (non-hydrogen) atoms. The van der Waals surface area contributed by atoms with E-state index in [1.54, 1.807) is 11.9 Å². The van der Waals surface area contributed by atoms with E-state index in [0.717, 1.165) is 10.6 Å². The van der Waals surface area contributed by atoms with Crippen LogP contribution in [0.3, 0.4) is 0 Å². The molecule has 0 aromatic heterocycles. The minimum Gasteiger partial charge on any atom is -0.365 e. The van der Waals surface area contributed by atoms with Crippen molar-refractivity contribution >= 4 is 52.3 Å². The van der Waals surface area contributed by atoms with Crippen molar-refractivity contribution in [1.29, 1.82) is 0 Å². The van der Waals surface area contributed by atoms with E-state index in [1.807, 2.05) is 30.3 Å². The van der Waals surface area contributed by atoms with Gasteiger partial charge in [-0.25, -0.2) is 0 Å². The highest BCUT2D eigenvalue weighted by atomic mass is 35.6. The molecule has 0 spiro atoms. The van der Waals surface area contributed by atoms with Crippen molar-refractivity contribution in [2.24, 2.45) is 0 Å². The molecule has 1 aromatic rings. The molecule has 0 aliphatic rings. The number of hydrogen-bond donors (Lipinski definition) is 0. The molecule has 0 saturated carbocycles. The van der Waals surface area contributed by atoms with E-state index in [9.17, 15) is 9.59 Å². The maximum atomic E-state index is 11.9. The third-order valence-corrected chi connectivity index (χ3v) is 2.98. The van der Waals surface area contributed by atoms with Crippen molar-refractivity contribution in [3.05, 3.63) is 30.3 Å². The number of halogens is 3. The Morgan fingerprint density at radius 1 is 1.11 bits per heavy atom. The van der Waals surface area contributed by atoms with Crippen molar-refractivity contribution in [2.75, 3.05) is 25.5 Å². The lowest BCUT2D eigenvalue weighted by Gasteiger charge is -2.24. The molecule has 2 amide bonds. The first kappa shape index (κ1) is 16.1. The number of imide groups is 1. The number of anilines is 1. The Morgan fingerprint density at radius 2 is 1.63 bits per heavy atom. The second kappa shape index (κ2) is 6.46. The minimum atomic E-state index is -2.13. The van der Waals surface area contributed by atoms with Crippen LogP contribution in [0, 0.1) is 0 Å². The van der Waals surface area contributed by atoms with Gasteiger partial charge in [0.2, 0.25) is 5.91 Å². The summed E-state index contributed by atoms with van der Waals surface area (Å²) in [5, 5.41) is 0. The first-order chi connectivity index (χ1) is 8.73. The summed E-state index contributed by atoms with van der Waals surface area (Å²) < 4.78 is -2.13. The van der Waals surface area contributed by atoms with Gasteiger partial charge < -0.3 is 4.90 Å². The van der Waals surface area contributed by atoms with Crippen molar-refractivity contribution in [1.82, 2.24) is 4.90 Å². The monoisotopic (exact) mass is 322 g/mol. The summed E-state index contributed by atoms with van der Waals surface area (Å²) in [5.41, 5.74) is 0.852. The largest absolute Gasteiger partial charge is 0.365 e. The maximum absolute atomic E-state index is 11.9. The zero-order valence-corrected chi connectivity index (χ0v) is 12.7. The summed E-state index contributed by atoms with van der Waals surface area (Å²) in [5.74, 6) is -1.33. The van der Waals surface area contributed by atoms with Gasteiger partial charge in [-0.15, -0.1) is 0 Å². The average molecular weight is 324 g/mol. The topological polar surface area (TPSA) is 40.6 Å². The van der Waals surface area contributed by atoms with Gasteiger partial charge in [0, 0.05) is 19.8 Å². The Bertz CT molecular complexity index is 460. The number of amides is 2. The number of rotatable bonds is 3. The van der Waals surface area contributed by atoms with Gasteiger partial charge in [-0.1, -0.05) is 53.0 Å². The lowest BCUT2D eigenvalue weighted by Crippen LogP contribution is -2.44. The molecule has 0 heterocycles. The average Bonchev–Trinajstić information content (AvgIpc) is 2.36. The SMILES string of the molecule is CN(C(=O)CN(C)c1ccccc1)C(=O)C(Cl)(Cl)Cl. The predicted molar refractivity (Wildman–Crippen MR) is 77.8 cm³/mol. The fourth-order valence-corrected chi connectivity index (χ4v) is 1.77. The molecule has 0 saturated heterocycles. The summed E-state index contributed by atoms with van der Waals surface area (Å²) in [4.78, 5) is 26.0. The zero-order valence-electron chi connectivity index (χ0n) is 10.4. The fraction of sp³-hybridized carbons (Fsp3) is 0.333. The number of benzene rings is 1. The smallest absolute Gasteiger partial charge is 0.281 e. The molecule has 4 nitrogen and oxygen atoms in total. The molecule has 0 atom stereocenters. The normalized spacial score (nSPS) is 11.0. The number of likely N-dealkylation sites (N-methyl/N-ethyl adjacent to an activating group) is 2. The van der Waals surface area contributed by atoms with Gasteiger partial charge in [0.05, 0.1) is 6.54 Å². The Balaban J connectivity index is 2.68. The Kier molecular flexibility index (Phi) is 5.47. The Morgan fingerprint density at radius 3 is 2.11 bits per heavy atom. The molecular weight excluding hydrogens is 311 g/mol. The lowest BCUT2D eigenvalue weighted by atomic mass is 10.3. The van der Waals surface area contributed by atoms with Crippen LogP contribution >= 0.6 is 34.8 Å². The van der Waals surface area contributed by atoms with Gasteiger partial charge in [-0.05, 0) is 12.1 Å². The number of para-hydroxylation sites is 1. The van der Waals surface area contributed by atoms with Gasteiger partial charge >= 0.3 is 0 Å². The molecule has 1 aromatic carbocycles. The molecule has 0 fully saturated rings. The van der Waals surface area contributed by atoms with Gasteiger partial charge in [0.15, 0.2) is 0 Å². The van der Waals surface area contributed by atoms with E-state index < -0.39 is 15.6 Å². The summed E-state index contributed by atoms with van der Waals surface area (Å²) in [6, 6.07) is 9.28. The van der Waals surface area contributed by atoms with Crippen molar-refractivity contribution < 1.29 is 9.59 Å². The number of nitrogens with zero attached hydrogens (tertiary/aromatic N) is 2. The van der Waals surface area contributed by atoms with Gasteiger partial charge in [0.1, 0.15) is 0 Å². The molecule has 104 valence electrons. The first-order valence-corrected chi connectivity index (χ1v) is 6.50. The standard InChI is InChI=1S/C12H13Cl3N2O2/c1-16(9-6-4-3-5-7-9)8-10(18)17(2)11(19)12(13,14)15/h3-7H,8H2,1-2H3. The predicted octanol–water partition coefficient (Wildman–Crippen LogP) is 2.48. The van der Waals surface area contributed by atoms with Crippen LogP contribution in [-0.4, -0.2) is 41.1 Å². The summed E-state index contributed by atoms with van der Waals surface area (Å²) >= 11 is 16.3. The van der Waals surface area contributed by atoms with Crippen LogP contribution in [0.25, 0.3) is 0 Å². The minimum absolute atomic E-state index is 0.00694. The van der Waals surface area contributed by atoms with Crippen molar-refractivity contribution in [3.8, 4) is 0 Å². The highest BCUT2D eigenvalue weighted by Gasteiger charge is 2.36. The van der Waals surface area contributed by atoms with E-state index in [1.165, 1.54) is 7.05 Å². The number of carbonyl (C=O) groups excluding carboxylic acids is 2. The van der Waals surface area contributed by atoms with Crippen molar-refractivity contribution in [2.45, 2.75) is 3.79 Å². The van der Waals surface area contributed by atoms with Crippen LogP contribution in [0.4, 0.5) is 5.69 Å². The van der Waals surface area contributed by atoms with Gasteiger partial charge in [-0.3, -0.25) is 14.5 Å². The summed E-state index contributed by atoms with van der Waals surface area (Å²) in [7, 11) is 3.02. The van der Waals surface area contributed by atoms with Crippen LogP contribution < -0.4 is 4.90 Å². The molecule has 0 bridgehead atoms. The van der Waals surface area contributed by atoms with Crippen LogP contribution in [0.5, 0.6) is 0 Å². The molecule has 1 rings (SSSR count). The molecule has 0 radical (unpaired) electrons. The number of alkyl halides is 3. The van der Waals surface area contributed by atoms with Crippen LogP contribution in [0.1, 0.15) is 0 Å². The quantitative estimate of drug-likeness (QED) is 0.802. The number of carbonyl (C=O) groups is 2. The van der Waals surface area contributed by atoms with Crippen LogP contribution in [0.2, 0.25) is 0 Å². The van der Waals surface area contributed by atoms with E-state index in [-0.39, 0.29) is 6.54 Å². The second-order valence-electron chi connectivity index (χ2n) is 3.95. The Hall–Kier alpha value is -0.970. The molecular formula is C12H13Cl3N2O2. The second-order valence-corrected chi connectivity index (χ2v) is 6.23. The van der Waals surface area contributed by atoms with E-state index in [0.29, 0.717) is 0 Å². The summed E-state index contributed by atoms with van der Waals surface area (Å²) in [6.45, 7) is 0.00694. The third kappa shape index (κ3) is 4.56. The molecule has 7 heteroatoms. The molecule has 0 aliphatic heterocycles. The third-order valence-electron chi connectivity index (χ3n) is 2.49. The number of hydrogen-bond acceptors (Lipinski definition) is 3. The molecule has 0 aliphatic carbocycles. The van der Waals surface area contributed by atoms with Crippen LogP contribution in [-0.2, 0) is 9.59 Å². The van der Waals surface area contributed by atoms with E-state index in [2.05, 4.69) is 0 Å².